The van der Waals surface area contributed by atoms with Crippen molar-refractivity contribution in [3.05, 3.63) is 40.7 Å². The van der Waals surface area contributed by atoms with Gasteiger partial charge in [-0.2, -0.15) is 0 Å². The zero-order valence-electron chi connectivity index (χ0n) is 7.93. The van der Waals surface area contributed by atoms with Crippen LogP contribution in [0.1, 0.15) is 23.7 Å². The zero-order valence-corrected chi connectivity index (χ0v) is 8.75. The Morgan fingerprint density at radius 3 is 3.21 bits per heavy atom. The molecule has 2 aromatic heterocycles. The van der Waals surface area contributed by atoms with E-state index in [0.29, 0.717) is 0 Å². The van der Waals surface area contributed by atoms with E-state index in [1.165, 1.54) is 0 Å². The van der Waals surface area contributed by atoms with Gasteiger partial charge in [0.05, 0.1) is 12.3 Å². The molecular weight excluding hydrogens is 196 g/mol. The van der Waals surface area contributed by atoms with Crippen LogP contribution in [0.5, 0.6) is 0 Å². The highest BCUT2D eigenvalue weighted by Crippen LogP contribution is 2.13. The fraction of sp³-hybridized carbons (Fsp3) is 0.300. The van der Waals surface area contributed by atoms with E-state index in [-0.39, 0.29) is 6.04 Å². The van der Waals surface area contributed by atoms with Gasteiger partial charge in [0.2, 0.25) is 0 Å². The van der Waals surface area contributed by atoms with Crippen molar-refractivity contribution in [2.24, 2.45) is 0 Å². The Balaban J connectivity index is 1.87. The van der Waals surface area contributed by atoms with Gasteiger partial charge in [0, 0.05) is 18.1 Å². The molecule has 14 heavy (non-hydrogen) atoms. The molecule has 0 spiro atoms. The normalized spacial score (nSPS) is 12.9. The van der Waals surface area contributed by atoms with Crippen molar-refractivity contribution < 1.29 is 4.42 Å². The molecule has 0 aliphatic heterocycles. The van der Waals surface area contributed by atoms with Gasteiger partial charge >= 0.3 is 0 Å². The number of aromatic nitrogens is 1. The second-order valence-electron chi connectivity index (χ2n) is 3.04. The molecule has 0 aliphatic carbocycles. The fourth-order valence-electron chi connectivity index (χ4n) is 1.22. The van der Waals surface area contributed by atoms with Crippen LogP contribution in [-0.4, -0.2) is 4.98 Å². The Hall–Kier alpha value is -1.13. The van der Waals surface area contributed by atoms with E-state index in [1.54, 1.807) is 17.6 Å². The lowest BCUT2D eigenvalue weighted by Gasteiger charge is -2.09. The van der Waals surface area contributed by atoms with E-state index >= 15 is 0 Å². The number of nitrogens with zero attached hydrogens (tertiary/aromatic N) is 1. The topological polar surface area (TPSA) is 38.1 Å². The maximum atomic E-state index is 5.29. The first kappa shape index (κ1) is 9.43. The summed E-state index contributed by atoms with van der Waals surface area (Å²) in [6.07, 6.45) is 3.51. The molecule has 0 bridgehead atoms. The molecule has 3 nitrogen and oxygen atoms in total. The molecule has 0 radical (unpaired) electrons. The molecule has 0 saturated carbocycles. The van der Waals surface area contributed by atoms with Crippen LogP contribution in [0.4, 0.5) is 0 Å². The maximum Gasteiger partial charge on any atom is 0.120 e. The predicted octanol–water partition coefficient (Wildman–Crippen LogP) is 2.59. The molecule has 2 aromatic rings. The summed E-state index contributed by atoms with van der Waals surface area (Å²) in [5, 5.41) is 6.42. The van der Waals surface area contributed by atoms with E-state index in [1.807, 2.05) is 23.7 Å². The Bertz CT molecular complexity index is 355. The van der Waals surface area contributed by atoms with Crippen LogP contribution in [-0.2, 0) is 6.54 Å². The molecule has 0 aromatic carbocycles. The molecule has 4 heteroatoms. The number of nitrogens with one attached hydrogen (secondary N) is 1. The minimum absolute atomic E-state index is 0.230. The van der Waals surface area contributed by atoms with Gasteiger partial charge in [-0.1, -0.05) is 0 Å². The van der Waals surface area contributed by atoms with Crippen LogP contribution in [0, 0.1) is 0 Å². The molecule has 2 rings (SSSR count). The van der Waals surface area contributed by atoms with Crippen LogP contribution in [0.15, 0.2) is 34.4 Å². The second-order valence-corrected chi connectivity index (χ2v) is 4.02. The molecule has 1 unspecified atom stereocenters. The molecule has 0 fully saturated rings. The minimum Gasteiger partial charge on any atom is -0.468 e. The maximum absolute atomic E-state index is 5.29. The van der Waals surface area contributed by atoms with Crippen molar-refractivity contribution in [3.8, 4) is 0 Å². The molecule has 74 valence electrons. The van der Waals surface area contributed by atoms with Crippen LogP contribution in [0.3, 0.4) is 0 Å². The Labute approximate surface area is 86.8 Å². The van der Waals surface area contributed by atoms with Crippen molar-refractivity contribution >= 4 is 11.3 Å². The van der Waals surface area contributed by atoms with Crippen LogP contribution >= 0.6 is 11.3 Å². The third-order valence-corrected chi connectivity index (χ3v) is 2.79. The lowest BCUT2D eigenvalue weighted by Crippen LogP contribution is -2.17. The second kappa shape index (κ2) is 4.39. The number of rotatable bonds is 4. The Morgan fingerprint density at radius 1 is 1.64 bits per heavy atom. The summed E-state index contributed by atoms with van der Waals surface area (Å²) in [5.41, 5.74) is 0. The first-order valence-corrected chi connectivity index (χ1v) is 5.39. The summed E-state index contributed by atoms with van der Waals surface area (Å²) in [5.74, 6) is 0.960. The zero-order chi connectivity index (χ0) is 9.80. The SMILES string of the molecule is CC(NCc1nccs1)c1ccco1. The van der Waals surface area contributed by atoms with Gasteiger partial charge in [-0.05, 0) is 19.1 Å². The van der Waals surface area contributed by atoms with Crippen molar-refractivity contribution in [2.45, 2.75) is 19.5 Å². The fourth-order valence-corrected chi connectivity index (χ4v) is 1.79. The van der Waals surface area contributed by atoms with Crippen molar-refractivity contribution in [2.75, 3.05) is 0 Å². The lowest BCUT2D eigenvalue weighted by molar-refractivity contribution is 0.430. The molecule has 2 heterocycles. The van der Waals surface area contributed by atoms with Crippen LogP contribution < -0.4 is 5.32 Å². The quantitative estimate of drug-likeness (QED) is 0.839. The van der Waals surface area contributed by atoms with Gasteiger partial charge in [0.25, 0.3) is 0 Å². The van der Waals surface area contributed by atoms with Crippen molar-refractivity contribution in [1.82, 2.24) is 10.3 Å². The summed E-state index contributed by atoms with van der Waals surface area (Å²) < 4.78 is 5.29. The van der Waals surface area contributed by atoms with Crippen molar-refractivity contribution in [3.63, 3.8) is 0 Å². The highest BCUT2D eigenvalue weighted by Gasteiger charge is 2.07. The van der Waals surface area contributed by atoms with Gasteiger partial charge in [-0.3, -0.25) is 0 Å². The van der Waals surface area contributed by atoms with Gasteiger partial charge in [0.15, 0.2) is 0 Å². The van der Waals surface area contributed by atoms with Gasteiger partial charge < -0.3 is 9.73 Å². The summed E-state index contributed by atoms with van der Waals surface area (Å²) in [7, 11) is 0. The van der Waals surface area contributed by atoms with E-state index in [2.05, 4.69) is 17.2 Å². The van der Waals surface area contributed by atoms with E-state index < -0.39 is 0 Å². The van der Waals surface area contributed by atoms with Gasteiger partial charge in [0.1, 0.15) is 10.8 Å². The van der Waals surface area contributed by atoms with Gasteiger partial charge in [-0.15, -0.1) is 11.3 Å². The number of thiazole rings is 1. The molecule has 0 amide bonds. The number of hydrogen-bond acceptors (Lipinski definition) is 4. The Kier molecular flexibility index (Phi) is 2.96. The van der Waals surface area contributed by atoms with E-state index in [9.17, 15) is 0 Å². The number of furan rings is 1. The van der Waals surface area contributed by atoms with E-state index in [0.717, 1.165) is 17.3 Å². The molecule has 0 saturated heterocycles. The lowest BCUT2D eigenvalue weighted by atomic mass is 10.2. The molecule has 1 atom stereocenters. The summed E-state index contributed by atoms with van der Waals surface area (Å²) >= 11 is 1.66. The third-order valence-electron chi connectivity index (χ3n) is 2.01. The highest BCUT2D eigenvalue weighted by atomic mass is 32.1. The first-order chi connectivity index (χ1) is 6.86. The highest BCUT2D eigenvalue weighted by molar-refractivity contribution is 7.09. The van der Waals surface area contributed by atoms with E-state index in [4.69, 9.17) is 4.42 Å². The molecular formula is C10H12N2OS. The Morgan fingerprint density at radius 2 is 2.57 bits per heavy atom. The number of hydrogen-bond donors (Lipinski definition) is 1. The first-order valence-electron chi connectivity index (χ1n) is 4.51. The average Bonchev–Trinajstić information content (AvgIpc) is 2.87. The summed E-state index contributed by atoms with van der Waals surface area (Å²) in [6, 6.07) is 4.10. The third kappa shape index (κ3) is 2.21. The molecule has 0 aliphatic rings. The monoisotopic (exact) mass is 208 g/mol. The predicted molar refractivity (Wildman–Crippen MR) is 56.1 cm³/mol. The van der Waals surface area contributed by atoms with Crippen LogP contribution in [0.25, 0.3) is 0 Å². The van der Waals surface area contributed by atoms with Crippen molar-refractivity contribution in [1.29, 1.82) is 0 Å². The summed E-state index contributed by atoms with van der Waals surface area (Å²) in [4.78, 5) is 4.19. The van der Waals surface area contributed by atoms with Gasteiger partial charge in [-0.25, -0.2) is 4.98 Å². The standard InChI is InChI=1S/C10H12N2OS/c1-8(9-3-2-5-13-9)12-7-10-11-4-6-14-10/h2-6,8,12H,7H2,1H3. The largest absolute Gasteiger partial charge is 0.468 e. The minimum atomic E-state index is 0.230. The molecule has 1 N–H and O–H groups in total. The van der Waals surface area contributed by atoms with Crippen LogP contribution in [0.2, 0.25) is 0 Å². The average molecular weight is 208 g/mol. The smallest absolute Gasteiger partial charge is 0.120 e. The summed E-state index contributed by atoms with van der Waals surface area (Å²) in [6.45, 7) is 2.87.